The summed E-state index contributed by atoms with van der Waals surface area (Å²) in [4.78, 5) is 0. The summed E-state index contributed by atoms with van der Waals surface area (Å²) in [5.74, 6) is 0.885. The van der Waals surface area contributed by atoms with E-state index >= 15 is 0 Å². The molecule has 0 fully saturated rings. The molecule has 1 aromatic heterocycles. The zero-order valence-electron chi connectivity index (χ0n) is 12.0. The van der Waals surface area contributed by atoms with Crippen LogP contribution in [0.3, 0.4) is 0 Å². The van der Waals surface area contributed by atoms with Gasteiger partial charge in [-0.15, -0.1) is 0 Å². The van der Waals surface area contributed by atoms with Gasteiger partial charge in [-0.05, 0) is 44.5 Å². The molecule has 1 N–H and O–H groups in total. The van der Waals surface area contributed by atoms with Gasteiger partial charge in [-0.3, -0.25) is 4.68 Å². The lowest BCUT2D eigenvalue weighted by Gasteiger charge is -2.10. The van der Waals surface area contributed by atoms with Crippen LogP contribution in [0.1, 0.15) is 31.0 Å². The smallest absolute Gasteiger partial charge is 0.119 e. The number of benzene rings is 1. The van der Waals surface area contributed by atoms with Crippen molar-refractivity contribution in [3.05, 3.63) is 41.7 Å². The van der Waals surface area contributed by atoms with Crippen molar-refractivity contribution in [1.29, 1.82) is 0 Å². The Morgan fingerprint density at radius 1 is 1.37 bits per heavy atom. The molecule has 0 amide bonds. The Hall–Kier alpha value is -1.97. The van der Waals surface area contributed by atoms with Gasteiger partial charge in [0.25, 0.3) is 0 Å². The van der Waals surface area contributed by atoms with E-state index in [0.717, 1.165) is 18.0 Å². The van der Waals surface area contributed by atoms with E-state index in [0.29, 0.717) is 6.04 Å². The van der Waals surface area contributed by atoms with E-state index in [1.54, 1.807) is 7.11 Å². The predicted octanol–water partition coefficient (Wildman–Crippen LogP) is 3.39. The Balaban J connectivity index is 2.01. The average Bonchev–Trinajstić information content (AvgIpc) is 2.86. The molecule has 0 spiro atoms. The first kappa shape index (κ1) is 13.5. The SMILES string of the molecule is COc1ccc(NCc2cnn(C(C)C)c2)c(C)c1. The van der Waals surface area contributed by atoms with Crippen LogP contribution in [0.2, 0.25) is 0 Å². The standard InChI is InChI=1S/C15H21N3O/c1-11(2)18-10-13(9-17-18)8-16-15-6-5-14(19-4)7-12(15)3/h5-7,9-11,16H,8H2,1-4H3. The van der Waals surface area contributed by atoms with Gasteiger partial charge in [0, 0.05) is 30.0 Å². The third-order valence-electron chi connectivity index (χ3n) is 3.10. The molecule has 4 heteroatoms. The molecular weight excluding hydrogens is 238 g/mol. The van der Waals surface area contributed by atoms with Crippen LogP contribution in [0.25, 0.3) is 0 Å². The first-order chi connectivity index (χ1) is 9.10. The minimum atomic E-state index is 0.400. The number of nitrogens with zero attached hydrogens (tertiary/aromatic N) is 2. The number of aryl methyl sites for hydroxylation is 1. The van der Waals surface area contributed by atoms with Crippen molar-refractivity contribution in [2.75, 3.05) is 12.4 Å². The van der Waals surface area contributed by atoms with Gasteiger partial charge in [0.1, 0.15) is 5.75 Å². The fourth-order valence-electron chi connectivity index (χ4n) is 1.91. The molecule has 0 bridgehead atoms. The summed E-state index contributed by atoms with van der Waals surface area (Å²) in [7, 11) is 1.68. The van der Waals surface area contributed by atoms with Gasteiger partial charge < -0.3 is 10.1 Å². The monoisotopic (exact) mass is 259 g/mol. The Kier molecular flexibility index (Phi) is 4.10. The van der Waals surface area contributed by atoms with Crippen molar-refractivity contribution in [3.63, 3.8) is 0 Å². The fourth-order valence-corrected chi connectivity index (χ4v) is 1.91. The summed E-state index contributed by atoms with van der Waals surface area (Å²) in [6.45, 7) is 7.10. The van der Waals surface area contributed by atoms with Crippen LogP contribution in [0, 0.1) is 6.92 Å². The number of ether oxygens (including phenoxy) is 1. The molecule has 0 saturated carbocycles. The highest BCUT2D eigenvalue weighted by Crippen LogP contribution is 2.21. The highest BCUT2D eigenvalue weighted by molar-refractivity contribution is 5.53. The van der Waals surface area contributed by atoms with Crippen LogP contribution in [0.5, 0.6) is 5.75 Å². The predicted molar refractivity (Wildman–Crippen MR) is 77.7 cm³/mol. The van der Waals surface area contributed by atoms with Crippen molar-refractivity contribution >= 4 is 5.69 Å². The number of hydrogen-bond donors (Lipinski definition) is 1. The number of aromatic nitrogens is 2. The average molecular weight is 259 g/mol. The molecule has 1 heterocycles. The molecule has 2 rings (SSSR count). The minimum Gasteiger partial charge on any atom is -0.497 e. The summed E-state index contributed by atoms with van der Waals surface area (Å²) < 4.78 is 7.17. The van der Waals surface area contributed by atoms with E-state index in [2.05, 4.69) is 37.4 Å². The molecule has 0 radical (unpaired) electrons. The molecule has 0 atom stereocenters. The number of hydrogen-bond acceptors (Lipinski definition) is 3. The lowest BCUT2D eigenvalue weighted by Crippen LogP contribution is -2.02. The Labute approximate surface area is 114 Å². The molecule has 1 aromatic carbocycles. The van der Waals surface area contributed by atoms with Gasteiger partial charge in [0.05, 0.1) is 13.3 Å². The Morgan fingerprint density at radius 2 is 2.16 bits per heavy atom. The molecule has 4 nitrogen and oxygen atoms in total. The molecular formula is C15H21N3O. The van der Waals surface area contributed by atoms with Crippen molar-refractivity contribution in [2.45, 2.75) is 33.4 Å². The van der Waals surface area contributed by atoms with Gasteiger partial charge in [-0.25, -0.2) is 0 Å². The summed E-state index contributed by atoms with van der Waals surface area (Å²) in [6.07, 6.45) is 3.99. The van der Waals surface area contributed by atoms with Gasteiger partial charge in [0.15, 0.2) is 0 Å². The highest BCUT2D eigenvalue weighted by Gasteiger charge is 2.03. The molecule has 0 saturated heterocycles. The second kappa shape index (κ2) is 5.78. The van der Waals surface area contributed by atoms with E-state index in [1.807, 2.05) is 29.1 Å². The zero-order valence-corrected chi connectivity index (χ0v) is 12.0. The van der Waals surface area contributed by atoms with Crippen LogP contribution in [0.4, 0.5) is 5.69 Å². The third kappa shape index (κ3) is 3.28. The lowest BCUT2D eigenvalue weighted by atomic mass is 10.2. The summed E-state index contributed by atoms with van der Waals surface area (Å²) in [5, 5.41) is 7.76. The Bertz CT molecular complexity index is 546. The normalized spacial score (nSPS) is 10.8. The van der Waals surface area contributed by atoms with Crippen molar-refractivity contribution in [2.24, 2.45) is 0 Å². The fraction of sp³-hybridized carbons (Fsp3) is 0.400. The van der Waals surface area contributed by atoms with Crippen molar-refractivity contribution in [3.8, 4) is 5.75 Å². The number of anilines is 1. The van der Waals surface area contributed by atoms with Gasteiger partial charge in [-0.2, -0.15) is 5.10 Å². The van der Waals surface area contributed by atoms with Crippen LogP contribution < -0.4 is 10.1 Å². The summed E-state index contributed by atoms with van der Waals surface area (Å²) in [6, 6.07) is 6.44. The molecule has 2 aromatic rings. The quantitative estimate of drug-likeness (QED) is 0.894. The number of nitrogens with one attached hydrogen (secondary N) is 1. The van der Waals surface area contributed by atoms with Crippen molar-refractivity contribution in [1.82, 2.24) is 9.78 Å². The van der Waals surface area contributed by atoms with E-state index < -0.39 is 0 Å². The van der Waals surface area contributed by atoms with E-state index in [1.165, 1.54) is 11.1 Å². The molecule has 19 heavy (non-hydrogen) atoms. The highest BCUT2D eigenvalue weighted by atomic mass is 16.5. The maximum Gasteiger partial charge on any atom is 0.119 e. The third-order valence-corrected chi connectivity index (χ3v) is 3.10. The van der Waals surface area contributed by atoms with Crippen molar-refractivity contribution < 1.29 is 4.74 Å². The first-order valence-electron chi connectivity index (χ1n) is 6.51. The lowest BCUT2D eigenvalue weighted by molar-refractivity contribution is 0.414. The zero-order chi connectivity index (χ0) is 13.8. The summed E-state index contributed by atoms with van der Waals surface area (Å²) >= 11 is 0. The summed E-state index contributed by atoms with van der Waals surface area (Å²) in [5.41, 5.74) is 3.48. The molecule has 0 aliphatic carbocycles. The van der Waals surface area contributed by atoms with E-state index in [-0.39, 0.29) is 0 Å². The first-order valence-corrected chi connectivity index (χ1v) is 6.51. The second-order valence-electron chi connectivity index (χ2n) is 4.96. The second-order valence-corrected chi connectivity index (χ2v) is 4.96. The largest absolute Gasteiger partial charge is 0.497 e. The topological polar surface area (TPSA) is 39.1 Å². The molecule has 0 aliphatic heterocycles. The minimum absolute atomic E-state index is 0.400. The van der Waals surface area contributed by atoms with Crippen LogP contribution in [-0.4, -0.2) is 16.9 Å². The van der Waals surface area contributed by atoms with Crippen LogP contribution >= 0.6 is 0 Å². The molecule has 0 unspecified atom stereocenters. The van der Waals surface area contributed by atoms with Gasteiger partial charge in [-0.1, -0.05) is 0 Å². The van der Waals surface area contributed by atoms with Crippen LogP contribution in [0.15, 0.2) is 30.6 Å². The number of methoxy groups -OCH3 is 1. The van der Waals surface area contributed by atoms with Crippen LogP contribution in [-0.2, 0) is 6.54 Å². The Morgan fingerprint density at radius 3 is 2.74 bits per heavy atom. The maximum absolute atomic E-state index is 5.20. The maximum atomic E-state index is 5.20. The van der Waals surface area contributed by atoms with Gasteiger partial charge >= 0.3 is 0 Å². The number of rotatable bonds is 5. The molecule has 0 aliphatic rings. The van der Waals surface area contributed by atoms with E-state index in [9.17, 15) is 0 Å². The van der Waals surface area contributed by atoms with Gasteiger partial charge in [0.2, 0.25) is 0 Å². The van der Waals surface area contributed by atoms with E-state index in [4.69, 9.17) is 4.74 Å². The molecule has 102 valence electrons.